The maximum absolute atomic E-state index is 12.2. The molecule has 0 heterocycles. The summed E-state index contributed by atoms with van der Waals surface area (Å²) in [5.74, 6) is -0.337. The van der Waals surface area contributed by atoms with Crippen molar-refractivity contribution in [3.8, 4) is 5.75 Å². The number of halogens is 3. The van der Waals surface area contributed by atoms with Crippen LogP contribution in [0.3, 0.4) is 0 Å². The molecule has 0 spiro atoms. The molecule has 0 fully saturated rings. The molecule has 0 radical (unpaired) electrons. The first-order valence-corrected chi connectivity index (χ1v) is 6.98. The summed E-state index contributed by atoms with van der Waals surface area (Å²) < 4.78 is 0. The number of aryl methyl sites for hydroxylation is 1. The van der Waals surface area contributed by atoms with Crippen LogP contribution in [-0.4, -0.2) is 10.9 Å². The van der Waals surface area contributed by atoms with E-state index in [9.17, 15) is 9.90 Å². The second kappa shape index (κ2) is 6.04. The first-order valence-electron chi connectivity index (χ1n) is 5.84. The monoisotopic (exact) mass is 328 g/mol. The highest BCUT2D eigenvalue weighted by Gasteiger charge is 2.15. The molecule has 0 saturated carbocycles. The van der Waals surface area contributed by atoms with E-state index < -0.39 is 0 Å². The molecule has 0 saturated heterocycles. The molecule has 2 nitrogen and oxygen atoms in total. The molecule has 20 heavy (non-hydrogen) atoms. The van der Waals surface area contributed by atoms with E-state index in [-0.39, 0.29) is 23.5 Å². The summed E-state index contributed by atoms with van der Waals surface area (Å²) >= 11 is 17.8. The Morgan fingerprint density at radius 2 is 1.80 bits per heavy atom. The van der Waals surface area contributed by atoms with Crippen LogP contribution in [0.2, 0.25) is 15.1 Å². The van der Waals surface area contributed by atoms with Crippen LogP contribution in [0.1, 0.15) is 21.5 Å². The molecule has 0 unspecified atom stereocenters. The fraction of sp³-hybridized carbons (Fsp3) is 0.133. The van der Waals surface area contributed by atoms with Crippen LogP contribution >= 0.6 is 34.8 Å². The number of Topliss-reactive ketones (excluding diaryl/α,β-unsaturated/α-hetero) is 1. The van der Waals surface area contributed by atoms with Crippen LogP contribution in [0.25, 0.3) is 0 Å². The van der Waals surface area contributed by atoms with Crippen LogP contribution in [0.5, 0.6) is 5.75 Å². The number of aromatic hydroxyl groups is 1. The predicted molar refractivity (Wildman–Crippen MR) is 82.4 cm³/mol. The van der Waals surface area contributed by atoms with Gasteiger partial charge >= 0.3 is 0 Å². The number of hydrogen-bond donors (Lipinski definition) is 1. The summed E-state index contributed by atoms with van der Waals surface area (Å²) in [6.07, 6.45) is 0.0724. The van der Waals surface area contributed by atoms with Gasteiger partial charge in [-0.25, -0.2) is 0 Å². The minimum atomic E-state index is -0.256. The highest BCUT2D eigenvalue weighted by Crippen LogP contribution is 2.28. The van der Waals surface area contributed by atoms with Crippen LogP contribution < -0.4 is 0 Å². The molecular formula is C15H11Cl3O2. The highest BCUT2D eigenvalue weighted by atomic mass is 35.5. The Morgan fingerprint density at radius 1 is 1.10 bits per heavy atom. The van der Waals surface area contributed by atoms with Gasteiger partial charge in [0.15, 0.2) is 5.78 Å². The van der Waals surface area contributed by atoms with Gasteiger partial charge in [0, 0.05) is 21.5 Å². The van der Waals surface area contributed by atoms with Crippen molar-refractivity contribution in [2.24, 2.45) is 0 Å². The zero-order valence-electron chi connectivity index (χ0n) is 10.6. The maximum atomic E-state index is 12.2. The molecule has 0 aromatic heterocycles. The van der Waals surface area contributed by atoms with Crippen molar-refractivity contribution in [2.75, 3.05) is 0 Å². The Bertz CT molecular complexity index is 681. The zero-order chi connectivity index (χ0) is 14.9. The van der Waals surface area contributed by atoms with Gasteiger partial charge in [0.1, 0.15) is 5.75 Å². The Labute approximate surface area is 131 Å². The van der Waals surface area contributed by atoms with Crippen molar-refractivity contribution >= 4 is 40.6 Å². The standard InChI is InChI=1S/C15H11Cl3O2/c1-8-4-14(19)11(7-12(8)17)15(20)5-9-2-3-10(16)6-13(9)18/h2-4,6-7,19H,5H2,1H3. The number of phenolic OH excluding ortho intramolecular Hbond substituents is 1. The lowest BCUT2D eigenvalue weighted by molar-refractivity contribution is 0.0990. The van der Waals surface area contributed by atoms with E-state index in [1.54, 1.807) is 25.1 Å². The number of rotatable bonds is 3. The average Bonchev–Trinajstić information content (AvgIpc) is 2.37. The van der Waals surface area contributed by atoms with Gasteiger partial charge in [0.25, 0.3) is 0 Å². The van der Waals surface area contributed by atoms with E-state index >= 15 is 0 Å². The van der Waals surface area contributed by atoms with Crippen molar-refractivity contribution in [1.82, 2.24) is 0 Å². The van der Waals surface area contributed by atoms with Crippen molar-refractivity contribution in [2.45, 2.75) is 13.3 Å². The lowest BCUT2D eigenvalue weighted by Gasteiger charge is -2.08. The van der Waals surface area contributed by atoms with E-state index in [0.717, 1.165) is 0 Å². The highest BCUT2D eigenvalue weighted by molar-refractivity contribution is 6.35. The molecular weight excluding hydrogens is 319 g/mol. The number of ketones is 1. The molecule has 2 rings (SSSR count). The zero-order valence-corrected chi connectivity index (χ0v) is 12.9. The van der Waals surface area contributed by atoms with Gasteiger partial charge in [-0.05, 0) is 42.3 Å². The average molecular weight is 330 g/mol. The molecule has 0 atom stereocenters. The first kappa shape index (κ1) is 15.2. The summed E-state index contributed by atoms with van der Waals surface area (Å²) in [5.41, 5.74) is 1.55. The van der Waals surface area contributed by atoms with Crippen LogP contribution in [-0.2, 0) is 6.42 Å². The van der Waals surface area contributed by atoms with Gasteiger partial charge in [-0.3, -0.25) is 4.79 Å². The quantitative estimate of drug-likeness (QED) is 0.797. The van der Waals surface area contributed by atoms with Crippen molar-refractivity contribution in [3.05, 3.63) is 62.1 Å². The first-order chi connectivity index (χ1) is 9.38. The Hall–Kier alpha value is -1.22. The normalized spacial score (nSPS) is 10.6. The van der Waals surface area contributed by atoms with Crippen molar-refractivity contribution < 1.29 is 9.90 Å². The Morgan fingerprint density at radius 3 is 2.45 bits per heavy atom. The van der Waals surface area contributed by atoms with Gasteiger partial charge in [0.2, 0.25) is 0 Å². The molecule has 1 N–H and O–H groups in total. The van der Waals surface area contributed by atoms with Crippen LogP contribution in [0, 0.1) is 6.92 Å². The van der Waals surface area contributed by atoms with Crippen LogP contribution in [0.4, 0.5) is 0 Å². The largest absolute Gasteiger partial charge is 0.507 e. The van der Waals surface area contributed by atoms with Crippen molar-refractivity contribution in [1.29, 1.82) is 0 Å². The van der Waals surface area contributed by atoms with Crippen LogP contribution in [0.15, 0.2) is 30.3 Å². The molecule has 0 aliphatic carbocycles. The van der Waals surface area contributed by atoms with E-state index in [0.29, 0.717) is 26.2 Å². The second-order valence-corrected chi connectivity index (χ2v) is 5.71. The number of carbonyl (C=O) groups excluding carboxylic acids is 1. The van der Waals surface area contributed by atoms with E-state index in [1.807, 2.05) is 0 Å². The maximum Gasteiger partial charge on any atom is 0.171 e. The summed E-state index contributed by atoms with van der Waals surface area (Å²) in [6, 6.07) is 7.87. The fourth-order valence-electron chi connectivity index (χ4n) is 1.82. The molecule has 0 amide bonds. The number of hydrogen-bond acceptors (Lipinski definition) is 2. The lowest BCUT2D eigenvalue weighted by atomic mass is 10.0. The summed E-state index contributed by atoms with van der Waals surface area (Å²) in [6.45, 7) is 1.76. The van der Waals surface area contributed by atoms with Gasteiger partial charge in [-0.2, -0.15) is 0 Å². The third-order valence-electron chi connectivity index (χ3n) is 2.94. The predicted octanol–water partition coefficient (Wildman–Crippen LogP) is 5.09. The minimum absolute atomic E-state index is 0.0724. The number of phenols is 1. The molecule has 0 bridgehead atoms. The smallest absolute Gasteiger partial charge is 0.171 e. The topological polar surface area (TPSA) is 37.3 Å². The van der Waals surface area contributed by atoms with E-state index in [2.05, 4.69) is 0 Å². The van der Waals surface area contributed by atoms with E-state index in [4.69, 9.17) is 34.8 Å². The summed E-state index contributed by atoms with van der Waals surface area (Å²) in [5, 5.41) is 11.2. The van der Waals surface area contributed by atoms with Gasteiger partial charge in [-0.1, -0.05) is 40.9 Å². The molecule has 5 heteroatoms. The second-order valence-electron chi connectivity index (χ2n) is 4.45. The fourth-order valence-corrected chi connectivity index (χ4v) is 2.46. The Kier molecular flexibility index (Phi) is 4.59. The number of benzene rings is 2. The summed E-state index contributed by atoms with van der Waals surface area (Å²) in [7, 11) is 0. The minimum Gasteiger partial charge on any atom is -0.507 e. The van der Waals surface area contributed by atoms with Gasteiger partial charge in [0.05, 0.1) is 5.56 Å². The molecule has 0 aliphatic heterocycles. The van der Waals surface area contributed by atoms with Gasteiger partial charge < -0.3 is 5.11 Å². The van der Waals surface area contributed by atoms with E-state index in [1.165, 1.54) is 12.1 Å². The molecule has 2 aromatic carbocycles. The Balaban J connectivity index is 2.31. The summed E-state index contributed by atoms with van der Waals surface area (Å²) in [4.78, 5) is 12.2. The molecule has 104 valence electrons. The number of carbonyl (C=O) groups is 1. The SMILES string of the molecule is Cc1cc(O)c(C(=O)Cc2ccc(Cl)cc2Cl)cc1Cl. The third kappa shape index (κ3) is 3.26. The van der Waals surface area contributed by atoms with Gasteiger partial charge in [-0.15, -0.1) is 0 Å². The third-order valence-corrected chi connectivity index (χ3v) is 3.94. The molecule has 2 aromatic rings. The molecule has 0 aliphatic rings. The van der Waals surface area contributed by atoms with Crippen molar-refractivity contribution in [3.63, 3.8) is 0 Å². The lowest BCUT2D eigenvalue weighted by Crippen LogP contribution is -2.05.